The maximum atomic E-state index is 11.9. The molecule has 0 unspecified atom stereocenters. The van der Waals surface area contributed by atoms with Crippen LogP contribution in [-0.4, -0.2) is 20.8 Å². The van der Waals surface area contributed by atoms with E-state index in [-0.39, 0.29) is 17.3 Å². The van der Waals surface area contributed by atoms with Gasteiger partial charge >= 0.3 is 0 Å². The van der Waals surface area contributed by atoms with Gasteiger partial charge in [0, 0.05) is 11.6 Å². The van der Waals surface area contributed by atoms with Gasteiger partial charge in [-0.1, -0.05) is 30.3 Å². The second-order valence-electron chi connectivity index (χ2n) is 5.66. The topological polar surface area (TPSA) is 90.4 Å². The molecule has 0 aliphatic heterocycles. The van der Waals surface area contributed by atoms with E-state index in [1.54, 1.807) is 12.1 Å². The van der Waals surface area contributed by atoms with Gasteiger partial charge in [-0.25, -0.2) is 10.4 Å². The zero-order valence-corrected chi connectivity index (χ0v) is 13.9. The van der Waals surface area contributed by atoms with Crippen LogP contribution in [0.5, 0.6) is 5.75 Å². The van der Waals surface area contributed by atoms with Crippen LogP contribution < -0.4 is 11.0 Å². The van der Waals surface area contributed by atoms with Crippen LogP contribution >= 0.6 is 0 Å². The Morgan fingerprint density at radius 3 is 2.64 bits per heavy atom. The van der Waals surface area contributed by atoms with Gasteiger partial charge in [0.25, 0.3) is 5.56 Å². The summed E-state index contributed by atoms with van der Waals surface area (Å²) >= 11 is 0. The molecular formula is C19H18N4O2. The molecule has 0 aliphatic rings. The van der Waals surface area contributed by atoms with E-state index in [9.17, 15) is 9.90 Å². The molecule has 1 aromatic heterocycles. The van der Waals surface area contributed by atoms with Gasteiger partial charge in [0.2, 0.25) is 5.95 Å². The third kappa shape index (κ3) is 3.92. The Balaban J connectivity index is 1.86. The van der Waals surface area contributed by atoms with Crippen LogP contribution in [0.4, 0.5) is 5.95 Å². The lowest BCUT2D eigenvalue weighted by Gasteiger charge is -2.06. The molecule has 0 bridgehead atoms. The van der Waals surface area contributed by atoms with Crippen molar-refractivity contribution in [3.8, 4) is 17.0 Å². The highest BCUT2D eigenvalue weighted by atomic mass is 16.3. The summed E-state index contributed by atoms with van der Waals surface area (Å²) in [5.41, 5.74) is 6.29. The van der Waals surface area contributed by atoms with Gasteiger partial charge in [-0.3, -0.25) is 9.78 Å². The first-order valence-electron chi connectivity index (χ1n) is 7.80. The Bertz CT molecular complexity index is 978. The molecule has 3 N–H and O–H groups in total. The van der Waals surface area contributed by atoms with Gasteiger partial charge in [-0.05, 0) is 43.2 Å². The number of aryl methyl sites for hydroxylation is 1. The number of rotatable bonds is 4. The molecule has 126 valence electrons. The fraction of sp³-hybridized carbons (Fsp3) is 0.105. The van der Waals surface area contributed by atoms with Crippen LogP contribution in [0.2, 0.25) is 0 Å². The number of anilines is 1. The molecule has 6 nitrogen and oxygen atoms in total. The van der Waals surface area contributed by atoms with Crippen LogP contribution in [0, 0.1) is 6.92 Å². The SMILES string of the molecule is C/C(=N\Nc1nc(-c2ccccc2)cc(=O)[nH]1)c1ccc(O)c(C)c1. The smallest absolute Gasteiger partial charge is 0.252 e. The molecule has 0 aliphatic carbocycles. The summed E-state index contributed by atoms with van der Waals surface area (Å²) in [6.45, 7) is 3.65. The number of nitrogens with one attached hydrogen (secondary N) is 2. The Labute approximate surface area is 144 Å². The highest BCUT2D eigenvalue weighted by Crippen LogP contribution is 2.18. The molecule has 3 rings (SSSR count). The van der Waals surface area contributed by atoms with E-state index in [0.29, 0.717) is 11.4 Å². The molecule has 0 saturated heterocycles. The number of phenolic OH excluding ortho intramolecular Hbond substituents is 1. The monoisotopic (exact) mass is 334 g/mol. The number of benzene rings is 2. The van der Waals surface area contributed by atoms with Gasteiger partial charge in [0.05, 0.1) is 11.4 Å². The van der Waals surface area contributed by atoms with Crippen molar-refractivity contribution in [2.45, 2.75) is 13.8 Å². The summed E-state index contributed by atoms with van der Waals surface area (Å²) in [4.78, 5) is 18.9. The molecule has 0 radical (unpaired) electrons. The molecule has 25 heavy (non-hydrogen) atoms. The first-order valence-corrected chi connectivity index (χ1v) is 7.80. The maximum Gasteiger partial charge on any atom is 0.252 e. The minimum absolute atomic E-state index is 0.242. The van der Waals surface area contributed by atoms with Crippen LogP contribution in [0.1, 0.15) is 18.1 Å². The van der Waals surface area contributed by atoms with Crippen LogP contribution in [-0.2, 0) is 0 Å². The fourth-order valence-corrected chi connectivity index (χ4v) is 2.35. The molecule has 0 atom stereocenters. The number of aromatic amines is 1. The van der Waals surface area contributed by atoms with Crippen LogP contribution in [0.15, 0.2) is 64.5 Å². The van der Waals surface area contributed by atoms with Gasteiger partial charge in [-0.2, -0.15) is 5.10 Å². The van der Waals surface area contributed by atoms with Crippen molar-refractivity contribution in [2.24, 2.45) is 5.10 Å². The number of hydrogen-bond acceptors (Lipinski definition) is 5. The lowest BCUT2D eigenvalue weighted by molar-refractivity contribution is 0.471. The van der Waals surface area contributed by atoms with Crippen molar-refractivity contribution in [1.29, 1.82) is 0 Å². The molecule has 3 aromatic rings. The number of aromatic hydroxyl groups is 1. The summed E-state index contributed by atoms with van der Waals surface area (Å²) in [7, 11) is 0. The van der Waals surface area contributed by atoms with E-state index >= 15 is 0 Å². The zero-order chi connectivity index (χ0) is 17.8. The number of aromatic nitrogens is 2. The standard InChI is InChI=1S/C19H18N4O2/c1-12-10-15(8-9-17(12)24)13(2)22-23-19-20-16(11-18(25)21-19)14-6-4-3-5-7-14/h3-11,24H,1-2H3,(H2,20,21,23,25)/b22-13+. The lowest BCUT2D eigenvalue weighted by atomic mass is 10.1. The number of phenols is 1. The highest BCUT2D eigenvalue weighted by molar-refractivity contribution is 5.99. The Hall–Kier alpha value is -3.41. The molecule has 0 amide bonds. The average Bonchev–Trinajstić information content (AvgIpc) is 2.62. The van der Waals surface area contributed by atoms with Crippen molar-refractivity contribution < 1.29 is 5.11 Å². The molecule has 6 heteroatoms. The third-order valence-electron chi connectivity index (χ3n) is 3.76. The molecular weight excluding hydrogens is 316 g/mol. The summed E-state index contributed by atoms with van der Waals surface area (Å²) in [6.07, 6.45) is 0. The van der Waals surface area contributed by atoms with Gasteiger partial charge in [0.15, 0.2) is 0 Å². The van der Waals surface area contributed by atoms with Crippen molar-refractivity contribution >= 4 is 11.7 Å². The Kier molecular flexibility index (Phi) is 4.61. The Morgan fingerprint density at radius 1 is 1.16 bits per heavy atom. The predicted octanol–water partition coefficient (Wildman–Crippen LogP) is 3.29. The third-order valence-corrected chi connectivity index (χ3v) is 3.76. The van der Waals surface area contributed by atoms with Crippen molar-refractivity contribution in [3.63, 3.8) is 0 Å². The lowest BCUT2D eigenvalue weighted by Crippen LogP contribution is -2.11. The highest BCUT2D eigenvalue weighted by Gasteiger charge is 2.05. The van der Waals surface area contributed by atoms with E-state index < -0.39 is 0 Å². The van der Waals surface area contributed by atoms with Crippen molar-refractivity contribution in [2.75, 3.05) is 5.43 Å². The predicted molar refractivity (Wildman–Crippen MR) is 99.0 cm³/mol. The van der Waals surface area contributed by atoms with Crippen molar-refractivity contribution in [1.82, 2.24) is 9.97 Å². The second-order valence-corrected chi connectivity index (χ2v) is 5.66. The first kappa shape index (κ1) is 16.4. The van der Waals surface area contributed by atoms with E-state index in [2.05, 4.69) is 20.5 Å². The molecule has 0 saturated carbocycles. The fourth-order valence-electron chi connectivity index (χ4n) is 2.35. The van der Waals surface area contributed by atoms with E-state index in [1.807, 2.05) is 50.2 Å². The second kappa shape index (κ2) is 7.00. The normalized spacial score (nSPS) is 11.4. The van der Waals surface area contributed by atoms with Crippen LogP contribution in [0.25, 0.3) is 11.3 Å². The van der Waals surface area contributed by atoms with Gasteiger partial charge < -0.3 is 5.11 Å². The zero-order valence-electron chi connectivity index (χ0n) is 13.9. The number of H-pyrrole nitrogens is 1. The van der Waals surface area contributed by atoms with Gasteiger partial charge in [-0.15, -0.1) is 0 Å². The summed E-state index contributed by atoms with van der Waals surface area (Å²) in [5.74, 6) is 0.507. The quantitative estimate of drug-likeness (QED) is 0.504. The Morgan fingerprint density at radius 2 is 1.92 bits per heavy atom. The number of hydrogen-bond donors (Lipinski definition) is 3. The van der Waals surface area contributed by atoms with E-state index in [0.717, 1.165) is 16.7 Å². The molecule has 2 aromatic carbocycles. The van der Waals surface area contributed by atoms with E-state index in [4.69, 9.17) is 0 Å². The summed E-state index contributed by atoms with van der Waals surface area (Å²) in [5, 5.41) is 13.9. The number of nitrogens with zero attached hydrogens (tertiary/aromatic N) is 2. The molecule has 0 spiro atoms. The van der Waals surface area contributed by atoms with Crippen molar-refractivity contribution in [3.05, 3.63) is 76.1 Å². The van der Waals surface area contributed by atoms with E-state index in [1.165, 1.54) is 6.07 Å². The molecule has 1 heterocycles. The summed E-state index contributed by atoms with van der Waals surface area (Å²) < 4.78 is 0. The minimum atomic E-state index is -0.260. The number of hydrazone groups is 1. The minimum Gasteiger partial charge on any atom is -0.508 e. The maximum absolute atomic E-state index is 11.9. The van der Waals surface area contributed by atoms with Crippen LogP contribution in [0.3, 0.4) is 0 Å². The largest absolute Gasteiger partial charge is 0.508 e. The summed E-state index contributed by atoms with van der Waals surface area (Å²) in [6, 6.07) is 16.1. The first-order chi connectivity index (χ1) is 12.0. The van der Waals surface area contributed by atoms with Gasteiger partial charge in [0.1, 0.15) is 5.75 Å². The average molecular weight is 334 g/mol. The molecule has 0 fully saturated rings.